The van der Waals surface area contributed by atoms with Crippen molar-refractivity contribution in [2.45, 2.75) is 0 Å². The molecule has 3 amide bonds. The number of carbonyl (C=O) groups excluding carboxylic acids is 2. The first-order chi connectivity index (χ1) is 10.9. The molecule has 1 aliphatic heterocycles. The molecule has 23 heavy (non-hydrogen) atoms. The van der Waals surface area contributed by atoms with Gasteiger partial charge in [-0.15, -0.1) is 0 Å². The minimum Gasteiger partial charge on any atom is -0.506 e. The number of urea groups is 1. The Labute approximate surface area is 141 Å². The number of nitrogens with two attached hydrogens (primary N) is 1. The predicted molar refractivity (Wildman–Crippen MR) is 88.3 cm³/mol. The van der Waals surface area contributed by atoms with Gasteiger partial charge in [0.15, 0.2) is 0 Å². The number of anilines is 1. The van der Waals surface area contributed by atoms with Crippen molar-refractivity contribution in [2.24, 2.45) is 5.73 Å². The van der Waals surface area contributed by atoms with E-state index in [9.17, 15) is 14.7 Å². The number of phenolic OH excluding ortho intramolecular Hbond substituents is 1. The maximum Gasteiger partial charge on any atom is 0.326 e. The van der Waals surface area contributed by atoms with E-state index in [1.165, 1.54) is 24.3 Å². The van der Waals surface area contributed by atoms with E-state index < -0.39 is 11.9 Å². The lowest BCUT2D eigenvalue weighted by Gasteiger charge is -2.10. The van der Waals surface area contributed by atoms with Crippen LogP contribution in [0.3, 0.4) is 0 Å². The zero-order valence-electron chi connectivity index (χ0n) is 11.5. The van der Waals surface area contributed by atoms with Gasteiger partial charge in [0.05, 0.1) is 16.3 Å². The Kier molecular flexibility index (Phi) is 3.75. The molecule has 115 valence electrons. The van der Waals surface area contributed by atoms with E-state index in [1.807, 2.05) is 0 Å². The van der Waals surface area contributed by atoms with Crippen LogP contribution in [0.4, 0.5) is 10.5 Å². The number of rotatable bonds is 1. The number of hydrogen-bond acceptors (Lipinski definition) is 3. The van der Waals surface area contributed by atoms with E-state index in [-0.39, 0.29) is 21.9 Å². The number of amides is 3. The fraction of sp³-hybridized carbons (Fsp3) is 0. The van der Waals surface area contributed by atoms with E-state index in [1.54, 1.807) is 12.1 Å². The van der Waals surface area contributed by atoms with Crippen molar-refractivity contribution in [2.75, 3.05) is 4.90 Å². The molecule has 0 saturated heterocycles. The molecule has 7 heteroatoms. The summed E-state index contributed by atoms with van der Waals surface area (Å²) in [5.41, 5.74) is 6.57. The second kappa shape index (κ2) is 5.61. The van der Waals surface area contributed by atoms with Gasteiger partial charge in [0, 0.05) is 16.1 Å². The molecule has 0 fully saturated rings. The third-order valence-corrected chi connectivity index (χ3v) is 3.89. The average Bonchev–Trinajstić information content (AvgIpc) is 2.77. The number of aromatic hydroxyl groups is 1. The molecule has 0 unspecified atom stereocenters. The molecule has 2 aromatic rings. The molecule has 5 nitrogen and oxygen atoms in total. The summed E-state index contributed by atoms with van der Waals surface area (Å²) in [5.74, 6) is -0.805. The highest BCUT2D eigenvalue weighted by Gasteiger charge is 2.35. The van der Waals surface area contributed by atoms with E-state index in [0.717, 1.165) is 4.90 Å². The molecule has 0 aromatic heterocycles. The Morgan fingerprint density at radius 3 is 2.78 bits per heavy atom. The minimum absolute atomic E-state index is 0.0585. The SMILES string of the molecule is NC(=O)N1C(=O)C(=Cc2cc(Cl)cc(Cl)c2O)c2cc[c]cc21. The number of carbonyl (C=O) groups is 2. The molecule has 0 aliphatic carbocycles. The number of fused-ring (bicyclic) bond motifs is 1. The number of hydrogen-bond donors (Lipinski definition) is 2. The van der Waals surface area contributed by atoms with Crippen molar-refractivity contribution in [3.8, 4) is 5.75 Å². The van der Waals surface area contributed by atoms with E-state index in [4.69, 9.17) is 28.9 Å². The Bertz CT molecular complexity index is 878. The second-order valence-corrected chi connectivity index (χ2v) is 5.65. The summed E-state index contributed by atoms with van der Waals surface area (Å²) in [4.78, 5) is 24.9. The van der Waals surface area contributed by atoms with Crippen molar-refractivity contribution < 1.29 is 14.7 Å². The molecule has 3 N–H and O–H groups in total. The van der Waals surface area contributed by atoms with E-state index in [2.05, 4.69) is 6.07 Å². The largest absolute Gasteiger partial charge is 0.506 e. The normalized spacial score (nSPS) is 15.1. The summed E-state index contributed by atoms with van der Waals surface area (Å²) in [6.45, 7) is 0. The number of nitrogens with zero attached hydrogens (tertiary/aromatic N) is 1. The number of halogens is 2. The van der Waals surface area contributed by atoms with Gasteiger partial charge in [-0.1, -0.05) is 35.3 Å². The first kappa shape index (κ1) is 15.4. The van der Waals surface area contributed by atoms with E-state index in [0.29, 0.717) is 16.3 Å². The third kappa shape index (κ3) is 2.54. The Morgan fingerprint density at radius 2 is 2.09 bits per heavy atom. The lowest BCUT2D eigenvalue weighted by Crippen LogP contribution is -2.37. The van der Waals surface area contributed by atoms with Crippen molar-refractivity contribution in [3.05, 3.63) is 57.6 Å². The minimum atomic E-state index is -0.896. The number of imide groups is 1. The topological polar surface area (TPSA) is 83.6 Å². The van der Waals surface area contributed by atoms with Gasteiger partial charge in [-0.05, 0) is 30.3 Å². The van der Waals surface area contributed by atoms with Crippen molar-refractivity contribution in [1.82, 2.24) is 0 Å². The molecule has 0 bridgehead atoms. The summed E-state index contributed by atoms with van der Waals surface area (Å²) >= 11 is 11.8. The van der Waals surface area contributed by atoms with Crippen LogP contribution in [-0.4, -0.2) is 17.0 Å². The lowest BCUT2D eigenvalue weighted by molar-refractivity contribution is -0.112. The van der Waals surface area contributed by atoms with Crippen LogP contribution < -0.4 is 10.6 Å². The van der Waals surface area contributed by atoms with Crippen LogP contribution in [-0.2, 0) is 4.79 Å². The van der Waals surface area contributed by atoms with Gasteiger partial charge in [-0.3, -0.25) is 4.79 Å². The Morgan fingerprint density at radius 1 is 1.35 bits per heavy atom. The van der Waals surface area contributed by atoms with Crippen LogP contribution in [0.2, 0.25) is 10.0 Å². The first-order valence-corrected chi connectivity index (χ1v) is 7.20. The molecular weight excluding hydrogens is 339 g/mol. The van der Waals surface area contributed by atoms with Gasteiger partial charge in [0.1, 0.15) is 5.75 Å². The van der Waals surface area contributed by atoms with Crippen LogP contribution in [0.25, 0.3) is 11.6 Å². The van der Waals surface area contributed by atoms with Crippen LogP contribution in [0.1, 0.15) is 11.1 Å². The highest BCUT2D eigenvalue weighted by Crippen LogP contribution is 2.40. The Balaban J connectivity index is 2.21. The van der Waals surface area contributed by atoms with Crippen LogP contribution >= 0.6 is 23.2 Å². The molecule has 3 rings (SSSR count). The van der Waals surface area contributed by atoms with Gasteiger partial charge in [0.25, 0.3) is 5.91 Å². The standard InChI is InChI=1S/C16H9Cl2N2O3/c17-9-5-8(14(21)12(18)7-9)6-11-10-3-1-2-4-13(10)20(15(11)22)16(19)23/h1,3-7,21H,(H2,19,23). The first-order valence-electron chi connectivity index (χ1n) is 6.44. The zero-order chi connectivity index (χ0) is 16.7. The quantitative estimate of drug-likeness (QED) is 0.774. The molecule has 0 spiro atoms. The summed E-state index contributed by atoms with van der Waals surface area (Å²) in [5, 5.41) is 10.4. The molecule has 2 aromatic carbocycles. The average molecular weight is 348 g/mol. The van der Waals surface area contributed by atoms with Gasteiger partial charge < -0.3 is 10.8 Å². The third-order valence-electron chi connectivity index (χ3n) is 3.38. The smallest absolute Gasteiger partial charge is 0.326 e. The van der Waals surface area contributed by atoms with Crippen LogP contribution in [0.15, 0.2) is 30.3 Å². The van der Waals surface area contributed by atoms with Crippen molar-refractivity contribution in [1.29, 1.82) is 0 Å². The van der Waals surface area contributed by atoms with Gasteiger partial charge in [0.2, 0.25) is 0 Å². The molecule has 1 heterocycles. The summed E-state index contributed by atoms with van der Waals surface area (Å²) in [7, 11) is 0. The summed E-state index contributed by atoms with van der Waals surface area (Å²) in [6, 6.07) is 9.47. The fourth-order valence-electron chi connectivity index (χ4n) is 2.39. The molecule has 1 radical (unpaired) electrons. The maximum atomic E-state index is 12.5. The van der Waals surface area contributed by atoms with Crippen LogP contribution in [0, 0.1) is 6.07 Å². The van der Waals surface area contributed by atoms with Crippen LogP contribution in [0.5, 0.6) is 5.75 Å². The lowest BCUT2D eigenvalue weighted by atomic mass is 10.0. The number of primary amides is 1. The molecule has 0 atom stereocenters. The number of benzene rings is 2. The van der Waals surface area contributed by atoms with E-state index >= 15 is 0 Å². The van der Waals surface area contributed by atoms with Crippen molar-refractivity contribution >= 4 is 52.5 Å². The predicted octanol–water partition coefficient (Wildman–Crippen LogP) is 3.47. The summed E-state index contributed by atoms with van der Waals surface area (Å²) in [6.07, 6.45) is 1.41. The maximum absolute atomic E-state index is 12.5. The summed E-state index contributed by atoms with van der Waals surface area (Å²) < 4.78 is 0. The fourth-order valence-corrected chi connectivity index (χ4v) is 2.90. The van der Waals surface area contributed by atoms with Crippen molar-refractivity contribution in [3.63, 3.8) is 0 Å². The molecule has 1 aliphatic rings. The Hall–Kier alpha value is -2.50. The zero-order valence-corrected chi connectivity index (χ0v) is 13.0. The van der Waals surface area contributed by atoms with Gasteiger partial charge >= 0.3 is 6.03 Å². The second-order valence-electron chi connectivity index (χ2n) is 4.81. The number of phenols is 1. The molecular formula is C16H9Cl2N2O3. The van der Waals surface area contributed by atoms with Gasteiger partial charge in [-0.2, -0.15) is 0 Å². The highest BCUT2D eigenvalue weighted by atomic mass is 35.5. The highest BCUT2D eigenvalue weighted by molar-refractivity contribution is 6.42. The monoisotopic (exact) mass is 347 g/mol. The van der Waals surface area contributed by atoms with Gasteiger partial charge in [-0.25, -0.2) is 9.69 Å². The molecule has 0 saturated carbocycles.